The van der Waals surface area contributed by atoms with Gasteiger partial charge in [0.2, 0.25) is 5.91 Å². The molecule has 1 atom stereocenters. The summed E-state index contributed by atoms with van der Waals surface area (Å²) < 4.78 is 59.2. The van der Waals surface area contributed by atoms with Gasteiger partial charge in [0.25, 0.3) is 6.43 Å². The van der Waals surface area contributed by atoms with E-state index in [4.69, 9.17) is 16.2 Å². The Hall–Kier alpha value is -2.16. The molecular weight excluding hydrogens is 294 g/mol. The predicted octanol–water partition coefficient (Wildman–Crippen LogP) is 0.912. The van der Waals surface area contributed by atoms with Crippen LogP contribution in [0.4, 0.5) is 17.6 Å². The first kappa shape index (κ1) is 15.2. The number of hydrogen-bond acceptors (Lipinski definition) is 4. The summed E-state index contributed by atoms with van der Waals surface area (Å²) in [6.07, 6.45) is -3.23. The average molecular weight is 305 g/mol. The molecule has 0 fully saturated rings. The van der Waals surface area contributed by atoms with Gasteiger partial charge in [-0.05, 0) is 12.1 Å². The van der Waals surface area contributed by atoms with Gasteiger partial charge < -0.3 is 16.2 Å². The zero-order chi connectivity index (χ0) is 15.8. The second kappa shape index (κ2) is 5.32. The van der Waals surface area contributed by atoms with Crippen molar-refractivity contribution >= 4 is 11.7 Å². The summed E-state index contributed by atoms with van der Waals surface area (Å²) in [5.41, 5.74) is 6.53. The Kier molecular flexibility index (Phi) is 3.86. The first-order chi connectivity index (χ1) is 9.78. The summed E-state index contributed by atoms with van der Waals surface area (Å²) in [4.78, 5) is 14.6. The lowest BCUT2D eigenvalue weighted by Gasteiger charge is -2.33. The number of amides is 1. The molecule has 0 unspecified atom stereocenters. The highest BCUT2D eigenvalue weighted by atomic mass is 19.3. The van der Waals surface area contributed by atoms with Gasteiger partial charge in [-0.1, -0.05) is 0 Å². The zero-order valence-corrected chi connectivity index (χ0v) is 10.6. The summed E-state index contributed by atoms with van der Waals surface area (Å²) in [7, 11) is 0. The van der Waals surface area contributed by atoms with Crippen LogP contribution in [0.1, 0.15) is 15.9 Å². The highest BCUT2D eigenvalue weighted by molar-refractivity contribution is 5.93. The fourth-order valence-electron chi connectivity index (χ4n) is 2.05. The van der Waals surface area contributed by atoms with Crippen molar-refractivity contribution in [3.05, 3.63) is 34.9 Å². The lowest BCUT2D eigenvalue weighted by atomic mass is 9.88. The topological polar surface area (TPSA) is 90.7 Å². The number of alkyl halides is 2. The van der Waals surface area contributed by atoms with Crippen LogP contribution in [-0.4, -0.2) is 31.4 Å². The summed E-state index contributed by atoms with van der Waals surface area (Å²) >= 11 is 0. The van der Waals surface area contributed by atoms with Crippen molar-refractivity contribution in [2.45, 2.75) is 12.0 Å². The molecule has 0 saturated heterocycles. The smallest absolute Gasteiger partial charge is 0.269 e. The molecule has 1 aromatic rings. The number of primary amides is 1. The van der Waals surface area contributed by atoms with Crippen LogP contribution in [0.2, 0.25) is 0 Å². The van der Waals surface area contributed by atoms with E-state index in [1.54, 1.807) is 0 Å². The van der Waals surface area contributed by atoms with Crippen LogP contribution in [0.15, 0.2) is 17.1 Å². The van der Waals surface area contributed by atoms with Crippen LogP contribution >= 0.6 is 0 Å². The number of nitrogens with zero attached hydrogens (tertiary/aromatic N) is 1. The maximum absolute atomic E-state index is 13.9. The van der Waals surface area contributed by atoms with Crippen LogP contribution in [-0.2, 0) is 10.3 Å². The van der Waals surface area contributed by atoms with E-state index in [0.717, 1.165) is 6.07 Å². The fourth-order valence-corrected chi connectivity index (χ4v) is 2.05. The van der Waals surface area contributed by atoms with Crippen molar-refractivity contribution in [3.63, 3.8) is 0 Å². The summed E-state index contributed by atoms with van der Waals surface area (Å²) in [5.74, 6) is -4.41. The van der Waals surface area contributed by atoms with Gasteiger partial charge in [-0.25, -0.2) is 17.6 Å². The van der Waals surface area contributed by atoms with Crippen molar-refractivity contribution in [1.29, 1.82) is 0 Å². The monoisotopic (exact) mass is 305 g/mol. The number of halogens is 4. The molecule has 1 heterocycles. The molecule has 0 aromatic heterocycles. The van der Waals surface area contributed by atoms with Gasteiger partial charge in [0, 0.05) is 11.1 Å². The minimum atomic E-state index is -3.23. The van der Waals surface area contributed by atoms with Gasteiger partial charge in [0.15, 0.2) is 17.2 Å². The lowest BCUT2D eigenvalue weighted by molar-refractivity contribution is -0.0149. The molecule has 2 rings (SSSR count). The SMILES string of the molecule is NC(=O)c1cc(F)c(F)c([C@@]2(C(F)F)COCC(N)=N2)c1. The van der Waals surface area contributed by atoms with Crippen molar-refractivity contribution in [2.75, 3.05) is 13.2 Å². The molecule has 1 aromatic carbocycles. The first-order valence-corrected chi connectivity index (χ1v) is 5.77. The second-order valence-corrected chi connectivity index (χ2v) is 4.50. The zero-order valence-electron chi connectivity index (χ0n) is 10.6. The number of benzene rings is 1. The highest BCUT2D eigenvalue weighted by Gasteiger charge is 2.47. The Morgan fingerprint density at radius 1 is 1.38 bits per heavy atom. The van der Waals surface area contributed by atoms with E-state index in [1.807, 2.05) is 0 Å². The summed E-state index contributed by atoms with van der Waals surface area (Å²) in [5, 5.41) is 0. The van der Waals surface area contributed by atoms with Gasteiger partial charge in [-0.2, -0.15) is 0 Å². The predicted molar refractivity (Wildman–Crippen MR) is 65.0 cm³/mol. The number of ether oxygens (including phenoxy) is 1. The van der Waals surface area contributed by atoms with E-state index >= 15 is 0 Å². The van der Waals surface area contributed by atoms with Crippen LogP contribution in [0.3, 0.4) is 0 Å². The molecule has 0 radical (unpaired) electrons. The second-order valence-electron chi connectivity index (χ2n) is 4.50. The van der Waals surface area contributed by atoms with E-state index < -0.39 is 47.2 Å². The van der Waals surface area contributed by atoms with Gasteiger partial charge in [-0.15, -0.1) is 0 Å². The molecule has 0 aliphatic carbocycles. The summed E-state index contributed by atoms with van der Waals surface area (Å²) in [6, 6.07) is 1.26. The molecule has 0 saturated carbocycles. The highest BCUT2D eigenvalue weighted by Crippen LogP contribution is 2.37. The maximum Gasteiger partial charge on any atom is 0.269 e. The molecule has 114 valence electrons. The Morgan fingerprint density at radius 3 is 2.57 bits per heavy atom. The number of nitrogens with two attached hydrogens (primary N) is 2. The number of rotatable bonds is 3. The Balaban J connectivity index is 2.72. The molecule has 1 amide bonds. The number of carbonyl (C=O) groups excluding carboxylic acids is 1. The van der Waals surface area contributed by atoms with Gasteiger partial charge in [0.1, 0.15) is 12.4 Å². The van der Waals surface area contributed by atoms with Crippen LogP contribution < -0.4 is 11.5 Å². The third-order valence-electron chi connectivity index (χ3n) is 3.06. The Labute approximate surface area is 116 Å². The first-order valence-electron chi connectivity index (χ1n) is 5.77. The number of aliphatic imine (C=N–C) groups is 1. The molecule has 1 aliphatic heterocycles. The minimum absolute atomic E-state index is 0.200. The standard InChI is InChI=1S/C12H11F4N3O2/c13-7-2-5(10(18)20)1-6(9(7)14)12(11(15)16)4-21-3-8(17)19-12/h1-2,11H,3-4H2,(H2,17,19)(H2,18,20)/t12-/m1/s1. The Bertz CT molecular complexity index is 621. The Morgan fingerprint density at radius 2 is 2.05 bits per heavy atom. The van der Waals surface area contributed by atoms with Crippen molar-refractivity contribution in [2.24, 2.45) is 16.5 Å². The molecule has 0 spiro atoms. The van der Waals surface area contributed by atoms with E-state index in [1.165, 1.54) is 0 Å². The fraction of sp³-hybridized carbons (Fsp3) is 0.333. The van der Waals surface area contributed by atoms with Crippen molar-refractivity contribution in [1.82, 2.24) is 0 Å². The molecule has 5 nitrogen and oxygen atoms in total. The number of hydrogen-bond donors (Lipinski definition) is 2. The maximum atomic E-state index is 13.9. The molecule has 4 N–H and O–H groups in total. The largest absolute Gasteiger partial charge is 0.385 e. The van der Waals surface area contributed by atoms with E-state index in [2.05, 4.69) is 4.99 Å². The third-order valence-corrected chi connectivity index (χ3v) is 3.06. The number of amidine groups is 1. The molecule has 0 bridgehead atoms. The summed E-state index contributed by atoms with van der Waals surface area (Å²) in [6.45, 7) is -0.905. The van der Waals surface area contributed by atoms with Crippen molar-refractivity contribution in [3.8, 4) is 0 Å². The molecule has 21 heavy (non-hydrogen) atoms. The number of carbonyl (C=O) groups is 1. The van der Waals surface area contributed by atoms with E-state index in [-0.39, 0.29) is 12.4 Å². The van der Waals surface area contributed by atoms with E-state index in [0.29, 0.717) is 6.07 Å². The normalized spacial score (nSPS) is 22.2. The molecule has 9 heteroatoms. The molecule has 1 aliphatic rings. The van der Waals surface area contributed by atoms with Crippen LogP contribution in [0, 0.1) is 11.6 Å². The van der Waals surface area contributed by atoms with E-state index in [9.17, 15) is 22.4 Å². The van der Waals surface area contributed by atoms with Crippen LogP contribution in [0.25, 0.3) is 0 Å². The van der Waals surface area contributed by atoms with Crippen LogP contribution in [0.5, 0.6) is 0 Å². The lowest BCUT2D eigenvalue weighted by Crippen LogP contribution is -2.45. The molecular formula is C12H11F4N3O2. The quantitative estimate of drug-likeness (QED) is 0.813. The third kappa shape index (κ3) is 2.56. The van der Waals surface area contributed by atoms with Crippen molar-refractivity contribution < 1.29 is 27.1 Å². The van der Waals surface area contributed by atoms with Gasteiger partial charge in [0.05, 0.1) is 6.61 Å². The average Bonchev–Trinajstić information content (AvgIpc) is 2.41. The minimum Gasteiger partial charge on any atom is -0.385 e. The van der Waals surface area contributed by atoms with Gasteiger partial charge in [-0.3, -0.25) is 9.79 Å². The van der Waals surface area contributed by atoms with Gasteiger partial charge >= 0.3 is 0 Å².